The Hall–Kier alpha value is -1.75. The molecule has 0 heterocycles. The first-order chi connectivity index (χ1) is 9.51. The number of carbonyl (C=O) groups excluding carboxylic acids is 1. The van der Waals surface area contributed by atoms with Crippen LogP contribution in [-0.2, 0) is 0 Å². The van der Waals surface area contributed by atoms with E-state index in [9.17, 15) is 4.79 Å². The molecule has 0 aliphatic rings. The van der Waals surface area contributed by atoms with Crippen molar-refractivity contribution in [1.29, 1.82) is 0 Å². The maximum atomic E-state index is 12.3. The highest BCUT2D eigenvalue weighted by atomic mass is 35.5. The minimum absolute atomic E-state index is 0.300. The zero-order valence-electron chi connectivity index (χ0n) is 10.7. The van der Waals surface area contributed by atoms with E-state index in [1.54, 1.807) is 30.3 Å². The molecule has 0 aliphatic heterocycles. The number of hydrogen-bond acceptors (Lipinski definition) is 3. The van der Waals surface area contributed by atoms with Gasteiger partial charge in [-0.05, 0) is 37.3 Å². The predicted octanol–water partition coefficient (Wildman–Crippen LogP) is 3.84. The molecule has 0 saturated heterocycles. The summed E-state index contributed by atoms with van der Waals surface area (Å²) in [6, 6.07) is 10.2. The Morgan fingerprint density at radius 2 is 1.80 bits per heavy atom. The molecule has 4 N–H and O–H groups in total. The third-order valence-corrected chi connectivity index (χ3v) is 3.30. The smallest absolute Gasteiger partial charge is 0.257 e. The molecule has 2 rings (SSSR count). The number of hydrazine groups is 1. The van der Waals surface area contributed by atoms with Crippen LogP contribution in [0.2, 0.25) is 10.0 Å². The number of carbonyl (C=O) groups is 1. The third kappa shape index (κ3) is 3.22. The standard InChI is InChI=1S/C14H13Cl2N3O/c1-8-2-4-12(19-17)10(6-8)14(20)18-13-5-3-9(15)7-11(13)16/h2-7,19H,17H2,1H3,(H,18,20). The minimum Gasteiger partial charge on any atom is -0.323 e. The first kappa shape index (κ1) is 14.7. The summed E-state index contributed by atoms with van der Waals surface area (Å²) in [7, 11) is 0. The molecule has 0 saturated carbocycles. The lowest BCUT2D eigenvalue weighted by Gasteiger charge is -2.11. The fourth-order valence-electron chi connectivity index (χ4n) is 1.75. The quantitative estimate of drug-likeness (QED) is 0.596. The molecular formula is C14H13Cl2N3O. The van der Waals surface area contributed by atoms with Gasteiger partial charge < -0.3 is 10.7 Å². The van der Waals surface area contributed by atoms with Crippen LogP contribution in [0.4, 0.5) is 11.4 Å². The van der Waals surface area contributed by atoms with Crippen LogP contribution in [0.3, 0.4) is 0 Å². The van der Waals surface area contributed by atoms with E-state index in [2.05, 4.69) is 10.7 Å². The summed E-state index contributed by atoms with van der Waals surface area (Å²) < 4.78 is 0. The first-order valence-electron chi connectivity index (χ1n) is 5.85. The lowest BCUT2D eigenvalue weighted by molar-refractivity contribution is 0.102. The van der Waals surface area contributed by atoms with Crippen LogP contribution in [0.5, 0.6) is 0 Å². The summed E-state index contributed by atoms with van der Waals surface area (Å²) >= 11 is 11.8. The van der Waals surface area contributed by atoms with Crippen molar-refractivity contribution in [3.63, 3.8) is 0 Å². The van der Waals surface area contributed by atoms with Crippen LogP contribution < -0.4 is 16.6 Å². The van der Waals surface area contributed by atoms with E-state index in [0.29, 0.717) is 27.0 Å². The van der Waals surface area contributed by atoms with Crippen molar-refractivity contribution in [3.8, 4) is 0 Å². The molecule has 6 heteroatoms. The van der Waals surface area contributed by atoms with Gasteiger partial charge in [-0.3, -0.25) is 10.6 Å². The third-order valence-electron chi connectivity index (χ3n) is 2.75. The Balaban J connectivity index is 2.30. The molecule has 2 aromatic carbocycles. The molecule has 0 spiro atoms. The summed E-state index contributed by atoms with van der Waals surface area (Å²) in [5.74, 6) is 5.11. The molecule has 0 fully saturated rings. The number of anilines is 2. The molecular weight excluding hydrogens is 297 g/mol. The normalized spacial score (nSPS) is 10.2. The van der Waals surface area contributed by atoms with Crippen molar-refractivity contribution < 1.29 is 4.79 Å². The van der Waals surface area contributed by atoms with Gasteiger partial charge in [-0.25, -0.2) is 0 Å². The molecule has 1 amide bonds. The second-order valence-corrected chi connectivity index (χ2v) is 5.12. The van der Waals surface area contributed by atoms with Crippen LogP contribution in [0.1, 0.15) is 15.9 Å². The van der Waals surface area contributed by atoms with Crippen molar-refractivity contribution in [2.75, 3.05) is 10.7 Å². The zero-order chi connectivity index (χ0) is 14.7. The Kier molecular flexibility index (Phi) is 4.49. The number of halogens is 2. The van der Waals surface area contributed by atoms with Gasteiger partial charge in [-0.2, -0.15) is 0 Å². The van der Waals surface area contributed by atoms with Gasteiger partial charge in [0.1, 0.15) is 0 Å². The molecule has 4 nitrogen and oxygen atoms in total. The number of amides is 1. The Bertz CT molecular complexity index is 659. The molecule has 0 unspecified atom stereocenters. The van der Waals surface area contributed by atoms with Crippen LogP contribution in [0.15, 0.2) is 36.4 Å². The van der Waals surface area contributed by atoms with E-state index in [-0.39, 0.29) is 5.91 Å². The van der Waals surface area contributed by atoms with Gasteiger partial charge in [0, 0.05) is 5.02 Å². The predicted molar refractivity (Wildman–Crippen MR) is 83.4 cm³/mol. The van der Waals surface area contributed by atoms with E-state index in [4.69, 9.17) is 29.0 Å². The van der Waals surface area contributed by atoms with Crippen molar-refractivity contribution in [3.05, 3.63) is 57.6 Å². The van der Waals surface area contributed by atoms with E-state index in [1.165, 1.54) is 0 Å². The molecule has 0 aliphatic carbocycles. The lowest BCUT2D eigenvalue weighted by atomic mass is 10.1. The molecule has 0 atom stereocenters. The summed E-state index contributed by atoms with van der Waals surface area (Å²) in [6.07, 6.45) is 0. The molecule has 0 aromatic heterocycles. The van der Waals surface area contributed by atoms with E-state index in [0.717, 1.165) is 5.56 Å². The fourth-order valence-corrected chi connectivity index (χ4v) is 2.21. The van der Waals surface area contributed by atoms with E-state index < -0.39 is 0 Å². The SMILES string of the molecule is Cc1ccc(NN)c(C(=O)Nc2ccc(Cl)cc2Cl)c1. The number of nitrogens with one attached hydrogen (secondary N) is 2. The highest BCUT2D eigenvalue weighted by Crippen LogP contribution is 2.26. The lowest BCUT2D eigenvalue weighted by Crippen LogP contribution is -2.17. The maximum absolute atomic E-state index is 12.3. The second-order valence-electron chi connectivity index (χ2n) is 4.27. The zero-order valence-corrected chi connectivity index (χ0v) is 12.2. The highest BCUT2D eigenvalue weighted by Gasteiger charge is 2.13. The van der Waals surface area contributed by atoms with Crippen LogP contribution in [-0.4, -0.2) is 5.91 Å². The van der Waals surface area contributed by atoms with Crippen molar-refractivity contribution in [1.82, 2.24) is 0 Å². The number of nitrogens with two attached hydrogens (primary N) is 1. The highest BCUT2D eigenvalue weighted by molar-refractivity contribution is 6.36. The number of aryl methyl sites for hydroxylation is 1. The average molecular weight is 310 g/mol. The Morgan fingerprint density at radius 1 is 1.10 bits per heavy atom. The minimum atomic E-state index is -0.300. The van der Waals surface area contributed by atoms with Crippen molar-refractivity contribution >= 4 is 40.5 Å². The van der Waals surface area contributed by atoms with E-state index >= 15 is 0 Å². The summed E-state index contributed by atoms with van der Waals surface area (Å²) in [5, 5.41) is 3.61. The molecule has 0 radical (unpaired) electrons. The van der Waals surface area contributed by atoms with Crippen molar-refractivity contribution in [2.45, 2.75) is 6.92 Å². The van der Waals surface area contributed by atoms with Gasteiger partial charge in [0.05, 0.1) is 22.0 Å². The number of nitrogen functional groups attached to an aromatic ring is 1. The second kappa shape index (κ2) is 6.13. The molecule has 20 heavy (non-hydrogen) atoms. The first-order valence-corrected chi connectivity index (χ1v) is 6.60. The van der Waals surface area contributed by atoms with Gasteiger partial charge in [0.2, 0.25) is 0 Å². The number of hydrogen-bond donors (Lipinski definition) is 3. The van der Waals surface area contributed by atoms with Gasteiger partial charge in [-0.1, -0.05) is 34.8 Å². The van der Waals surface area contributed by atoms with Crippen LogP contribution in [0, 0.1) is 6.92 Å². The fraction of sp³-hybridized carbons (Fsp3) is 0.0714. The monoisotopic (exact) mass is 309 g/mol. The summed E-state index contributed by atoms with van der Waals surface area (Å²) in [5.41, 5.74) is 4.93. The average Bonchev–Trinajstić information content (AvgIpc) is 2.41. The molecule has 104 valence electrons. The van der Waals surface area contributed by atoms with Gasteiger partial charge in [0.25, 0.3) is 5.91 Å². The molecule has 2 aromatic rings. The van der Waals surface area contributed by atoms with Gasteiger partial charge in [-0.15, -0.1) is 0 Å². The Morgan fingerprint density at radius 3 is 2.45 bits per heavy atom. The van der Waals surface area contributed by atoms with Gasteiger partial charge >= 0.3 is 0 Å². The van der Waals surface area contributed by atoms with Crippen LogP contribution >= 0.6 is 23.2 Å². The van der Waals surface area contributed by atoms with Crippen molar-refractivity contribution in [2.24, 2.45) is 5.84 Å². The topological polar surface area (TPSA) is 67.1 Å². The van der Waals surface area contributed by atoms with Gasteiger partial charge in [0.15, 0.2) is 0 Å². The number of rotatable bonds is 3. The van der Waals surface area contributed by atoms with Crippen LogP contribution in [0.25, 0.3) is 0 Å². The summed E-state index contributed by atoms with van der Waals surface area (Å²) in [6.45, 7) is 1.90. The Labute approximate surface area is 126 Å². The largest absolute Gasteiger partial charge is 0.323 e. The van der Waals surface area contributed by atoms with E-state index in [1.807, 2.05) is 13.0 Å². The molecule has 0 bridgehead atoms. The maximum Gasteiger partial charge on any atom is 0.257 e. The number of benzene rings is 2. The summed E-state index contributed by atoms with van der Waals surface area (Å²) in [4.78, 5) is 12.3.